The summed E-state index contributed by atoms with van der Waals surface area (Å²) in [6.45, 7) is 6.50. The van der Waals surface area contributed by atoms with Crippen molar-refractivity contribution in [1.29, 1.82) is 0 Å². The Balaban J connectivity index is 0.000000714. The number of hydrogen-bond donors (Lipinski definition) is 4. The molecule has 1 aromatic rings. The monoisotopic (exact) mass is 412 g/mol. The Morgan fingerprint density at radius 2 is 1.76 bits per heavy atom. The fourth-order valence-electron chi connectivity index (χ4n) is 2.31. The number of aliphatic hydroxyl groups excluding tert-OH is 1. The van der Waals surface area contributed by atoms with Crippen molar-refractivity contribution in [3.05, 3.63) is 35.9 Å². The number of carboxylic acid groups (broad SMARTS) is 1. The van der Waals surface area contributed by atoms with E-state index in [0.717, 1.165) is 25.4 Å². The number of carbonyl (C=O) groups excluding carboxylic acids is 1. The Bertz CT molecular complexity index is 528. The van der Waals surface area contributed by atoms with Gasteiger partial charge < -0.3 is 30.3 Å². The van der Waals surface area contributed by atoms with Crippen molar-refractivity contribution in [3.63, 3.8) is 0 Å². The number of amides is 2. The van der Waals surface area contributed by atoms with Crippen molar-refractivity contribution in [1.82, 2.24) is 10.6 Å². The highest BCUT2D eigenvalue weighted by atomic mass is 16.5. The molecule has 0 radical (unpaired) electrons. The molecule has 0 saturated carbocycles. The SMILES string of the molecule is C1CCOC1.CCC(=O)NC[C@@H](O)C(Cc1ccccc1)NC(=O)O.CCOC. The normalized spacial score (nSPS) is 14.3. The van der Waals surface area contributed by atoms with Gasteiger partial charge in [0.15, 0.2) is 0 Å². The lowest BCUT2D eigenvalue weighted by Crippen LogP contribution is -2.49. The van der Waals surface area contributed by atoms with Crippen LogP contribution in [0.2, 0.25) is 0 Å². The zero-order valence-electron chi connectivity index (χ0n) is 17.7. The minimum Gasteiger partial charge on any atom is -0.465 e. The maximum Gasteiger partial charge on any atom is 0.404 e. The first-order valence-corrected chi connectivity index (χ1v) is 9.99. The largest absolute Gasteiger partial charge is 0.465 e. The van der Waals surface area contributed by atoms with Gasteiger partial charge in [0.1, 0.15) is 0 Å². The summed E-state index contributed by atoms with van der Waals surface area (Å²) in [6, 6.07) is 8.59. The minimum absolute atomic E-state index is 0.0183. The number of hydrogen-bond acceptors (Lipinski definition) is 5. The highest BCUT2D eigenvalue weighted by molar-refractivity contribution is 5.75. The number of nitrogens with one attached hydrogen (secondary N) is 2. The highest BCUT2D eigenvalue weighted by Gasteiger charge is 2.21. The predicted molar refractivity (Wildman–Crippen MR) is 112 cm³/mol. The number of ether oxygens (including phenoxy) is 2. The molecular weight excluding hydrogens is 376 g/mol. The molecule has 0 aliphatic carbocycles. The molecule has 1 aromatic carbocycles. The third-order valence-electron chi connectivity index (χ3n) is 4.02. The number of carbonyl (C=O) groups is 2. The molecule has 8 heteroatoms. The molecule has 29 heavy (non-hydrogen) atoms. The molecule has 2 amide bonds. The third-order valence-corrected chi connectivity index (χ3v) is 4.02. The van der Waals surface area contributed by atoms with Gasteiger partial charge in [-0.3, -0.25) is 4.79 Å². The fourth-order valence-corrected chi connectivity index (χ4v) is 2.31. The lowest BCUT2D eigenvalue weighted by atomic mass is 10.0. The Hall–Kier alpha value is -2.16. The van der Waals surface area contributed by atoms with Gasteiger partial charge in [-0.15, -0.1) is 0 Å². The van der Waals surface area contributed by atoms with Crippen LogP contribution in [0.4, 0.5) is 4.79 Å². The topological polar surface area (TPSA) is 117 Å². The first-order chi connectivity index (χ1) is 13.9. The third kappa shape index (κ3) is 15.4. The van der Waals surface area contributed by atoms with Crippen LogP contribution in [0.3, 0.4) is 0 Å². The van der Waals surface area contributed by atoms with Gasteiger partial charge in [-0.2, -0.15) is 0 Å². The van der Waals surface area contributed by atoms with E-state index in [1.807, 2.05) is 37.3 Å². The Morgan fingerprint density at radius 3 is 2.17 bits per heavy atom. The van der Waals surface area contributed by atoms with Gasteiger partial charge in [0.05, 0.1) is 12.1 Å². The second-order valence-corrected chi connectivity index (χ2v) is 6.37. The molecule has 1 aliphatic rings. The van der Waals surface area contributed by atoms with E-state index in [0.29, 0.717) is 12.8 Å². The van der Waals surface area contributed by atoms with Crippen molar-refractivity contribution >= 4 is 12.0 Å². The van der Waals surface area contributed by atoms with Crippen LogP contribution in [0.15, 0.2) is 30.3 Å². The minimum atomic E-state index is -1.20. The standard InChI is InChI=1S/C14H20N2O4.C4H8O.C3H8O/c1-2-13(18)15-9-12(17)11(16-14(19)20)8-10-6-4-3-5-7-10;1-2-4-5-3-1;1-3-4-2/h3-7,11-12,16-17H,2,8-9H2,1H3,(H,15,18)(H,19,20);1-4H2;3H2,1-2H3/t11?,12-;;/m1../s1. The molecule has 4 N–H and O–H groups in total. The van der Waals surface area contributed by atoms with Crippen LogP contribution < -0.4 is 10.6 Å². The zero-order valence-corrected chi connectivity index (χ0v) is 17.7. The van der Waals surface area contributed by atoms with E-state index in [1.54, 1.807) is 14.0 Å². The molecular formula is C21H36N2O6. The van der Waals surface area contributed by atoms with E-state index in [1.165, 1.54) is 12.8 Å². The van der Waals surface area contributed by atoms with Crippen LogP contribution in [0.5, 0.6) is 0 Å². The lowest BCUT2D eigenvalue weighted by molar-refractivity contribution is -0.121. The maximum absolute atomic E-state index is 11.2. The first kappa shape index (κ1) is 26.8. The van der Waals surface area contributed by atoms with Crippen molar-refractivity contribution in [3.8, 4) is 0 Å². The van der Waals surface area contributed by atoms with Crippen LogP contribution in [0, 0.1) is 0 Å². The van der Waals surface area contributed by atoms with E-state index < -0.39 is 18.2 Å². The van der Waals surface area contributed by atoms with E-state index in [4.69, 9.17) is 9.84 Å². The number of methoxy groups -OCH3 is 1. The van der Waals surface area contributed by atoms with Crippen LogP contribution in [-0.2, 0) is 20.7 Å². The molecule has 1 saturated heterocycles. The molecule has 1 fully saturated rings. The Kier molecular flexibility index (Phi) is 16.6. The molecule has 166 valence electrons. The van der Waals surface area contributed by atoms with Gasteiger partial charge >= 0.3 is 6.09 Å². The Morgan fingerprint density at radius 1 is 1.17 bits per heavy atom. The molecule has 0 spiro atoms. The van der Waals surface area contributed by atoms with E-state index in [-0.39, 0.29) is 12.5 Å². The maximum atomic E-state index is 11.2. The van der Waals surface area contributed by atoms with Gasteiger partial charge in [0.25, 0.3) is 0 Å². The van der Waals surface area contributed by atoms with Crippen molar-refractivity contribution in [2.75, 3.05) is 33.5 Å². The van der Waals surface area contributed by atoms with E-state index >= 15 is 0 Å². The average molecular weight is 413 g/mol. The van der Waals surface area contributed by atoms with Crippen LogP contribution in [0.1, 0.15) is 38.7 Å². The predicted octanol–water partition coefficient (Wildman–Crippen LogP) is 2.20. The van der Waals surface area contributed by atoms with Crippen LogP contribution >= 0.6 is 0 Å². The van der Waals surface area contributed by atoms with Gasteiger partial charge in [-0.25, -0.2) is 4.79 Å². The van der Waals surface area contributed by atoms with E-state index in [9.17, 15) is 14.7 Å². The highest BCUT2D eigenvalue weighted by Crippen LogP contribution is 2.06. The van der Waals surface area contributed by atoms with Crippen LogP contribution in [-0.4, -0.2) is 67.8 Å². The fraction of sp³-hybridized carbons (Fsp3) is 0.619. The molecule has 1 aliphatic heterocycles. The molecule has 0 bridgehead atoms. The summed E-state index contributed by atoms with van der Waals surface area (Å²) in [5.74, 6) is -0.183. The summed E-state index contributed by atoms with van der Waals surface area (Å²) in [4.78, 5) is 21.9. The summed E-state index contributed by atoms with van der Waals surface area (Å²) in [5.41, 5.74) is 0.909. The molecule has 2 rings (SSSR count). The Labute approximate surface area is 173 Å². The summed E-state index contributed by atoms with van der Waals surface area (Å²) >= 11 is 0. The average Bonchev–Trinajstić information content (AvgIpc) is 3.32. The van der Waals surface area contributed by atoms with Gasteiger partial charge in [0, 0.05) is 39.9 Å². The smallest absolute Gasteiger partial charge is 0.404 e. The van der Waals surface area contributed by atoms with Gasteiger partial charge in [0.2, 0.25) is 5.91 Å². The zero-order chi connectivity index (χ0) is 21.9. The van der Waals surface area contributed by atoms with Crippen molar-refractivity contribution in [2.24, 2.45) is 0 Å². The lowest BCUT2D eigenvalue weighted by Gasteiger charge is -2.23. The quantitative estimate of drug-likeness (QED) is 0.520. The molecule has 2 atom stereocenters. The summed E-state index contributed by atoms with van der Waals surface area (Å²) in [7, 11) is 1.68. The first-order valence-electron chi connectivity index (χ1n) is 9.99. The molecule has 0 aromatic heterocycles. The second kappa shape index (κ2) is 17.9. The number of benzene rings is 1. The summed E-state index contributed by atoms with van der Waals surface area (Å²) < 4.78 is 9.49. The van der Waals surface area contributed by atoms with Crippen molar-refractivity contribution < 1.29 is 29.3 Å². The van der Waals surface area contributed by atoms with Crippen molar-refractivity contribution in [2.45, 2.75) is 51.7 Å². The van der Waals surface area contributed by atoms with E-state index in [2.05, 4.69) is 15.4 Å². The molecule has 1 unspecified atom stereocenters. The summed E-state index contributed by atoms with van der Waals surface area (Å²) in [6.07, 6.45) is 1.05. The number of aliphatic hydroxyl groups is 1. The molecule has 1 heterocycles. The van der Waals surface area contributed by atoms with Crippen LogP contribution in [0.25, 0.3) is 0 Å². The number of rotatable bonds is 8. The van der Waals surface area contributed by atoms with Gasteiger partial charge in [-0.05, 0) is 31.7 Å². The second-order valence-electron chi connectivity index (χ2n) is 6.37. The molecule has 8 nitrogen and oxygen atoms in total. The van der Waals surface area contributed by atoms with Gasteiger partial charge in [-0.1, -0.05) is 37.3 Å². The summed E-state index contributed by atoms with van der Waals surface area (Å²) in [5, 5.41) is 23.7.